The van der Waals surface area contributed by atoms with Crippen LogP contribution in [0.2, 0.25) is 0 Å². The van der Waals surface area contributed by atoms with Crippen LogP contribution in [-0.2, 0) is 24.2 Å². The van der Waals surface area contributed by atoms with E-state index in [0.29, 0.717) is 18.7 Å². The van der Waals surface area contributed by atoms with E-state index < -0.39 is 0 Å². The Hall–Kier alpha value is -3.15. The average Bonchev–Trinajstić information content (AvgIpc) is 3.12. The first-order valence-electron chi connectivity index (χ1n) is 9.78. The molecule has 0 unspecified atom stereocenters. The topological polar surface area (TPSA) is 86.9 Å². The van der Waals surface area contributed by atoms with Crippen LogP contribution in [0.25, 0.3) is 10.9 Å². The van der Waals surface area contributed by atoms with Crippen molar-refractivity contribution < 1.29 is 9.59 Å². The predicted molar refractivity (Wildman–Crippen MR) is 108 cm³/mol. The summed E-state index contributed by atoms with van der Waals surface area (Å²) in [5, 5.41) is 6.87. The van der Waals surface area contributed by atoms with Gasteiger partial charge in [-0.15, -0.1) is 0 Å². The zero-order chi connectivity index (χ0) is 19.3. The van der Waals surface area contributed by atoms with Crippen LogP contribution in [-0.4, -0.2) is 28.3 Å². The van der Waals surface area contributed by atoms with Crippen LogP contribution in [0.4, 0.5) is 0 Å². The standard InChI is InChI=1S/C22H24N4O2/c27-20(25-14-15-8-11-23-12-9-15)10-13-24-22(28)18-6-3-5-17-16-4-1-2-7-19(16)26-21(17)18/h3,5-6,8-9,11-12,26H,1-2,4,7,10,13-14H2,(H,24,28)(H,25,27). The highest BCUT2D eigenvalue weighted by Crippen LogP contribution is 2.30. The third kappa shape index (κ3) is 3.91. The summed E-state index contributed by atoms with van der Waals surface area (Å²) in [5.41, 5.74) is 5.16. The summed E-state index contributed by atoms with van der Waals surface area (Å²) in [6, 6.07) is 9.57. The van der Waals surface area contributed by atoms with Gasteiger partial charge in [-0.3, -0.25) is 14.6 Å². The van der Waals surface area contributed by atoms with Crippen LogP contribution in [0.3, 0.4) is 0 Å². The fraction of sp³-hybridized carbons (Fsp3) is 0.318. The number of aryl methyl sites for hydroxylation is 2. The SMILES string of the molecule is O=C(CCNC(=O)c1cccc2c3c([nH]c12)CCCC3)NCc1ccncc1. The largest absolute Gasteiger partial charge is 0.358 e. The van der Waals surface area contributed by atoms with Gasteiger partial charge in [0.2, 0.25) is 5.91 Å². The van der Waals surface area contributed by atoms with Crippen molar-refractivity contribution in [3.05, 3.63) is 65.1 Å². The molecule has 0 atom stereocenters. The Morgan fingerprint density at radius 1 is 1.04 bits per heavy atom. The lowest BCUT2D eigenvalue weighted by Crippen LogP contribution is -2.30. The number of amides is 2. The number of aromatic amines is 1. The summed E-state index contributed by atoms with van der Waals surface area (Å²) in [6.07, 6.45) is 8.14. The molecule has 4 rings (SSSR count). The van der Waals surface area contributed by atoms with Crippen molar-refractivity contribution in [2.75, 3.05) is 6.54 Å². The van der Waals surface area contributed by atoms with Gasteiger partial charge in [-0.2, -0.15) is 0 Å². The average molecular weight is 376 g/mol. The van der Waals surface area contributed by atoms with Crippen molar-refractivity contribution in [3.63, 3.8) is 0 Å². The van der Waals surface area contributed by atoms with E-state index in [4.69, 9.17) is 0 Å². The minimum Gasteiger partial charge on any atom is -0.358 e. The molecule has 2 heterocycles. The lowest BCUT2D eigenvalue weighted by molar-refractivity contribution is -0.121. The number of para-hydroxylation sites is 1. The molecular formula is C22H24N4O2. The highest BCUT2D eigenvalue weighted by Gasteiger charge is 2.19. The summed E-state index contributed by atoms with van der Waals surface area (Å²) in [4.78, 5) is 32.1. The molecule has 6 heteroatoms. The van der Waals surface area contributed by atoms with Gasteiger partial charge in [0.25, 0.3) is 5.91 Å². The maximum Gasteiger partial charge on any atom is 0.253 e. The predicted octanol–water partition coefficient (Wildman–Crippen LogP) is 2.88. The molecule has 3 N–H and O–H groups in total. The van der Waals surface area contributed by atoms with Gasteiger partial charge in [0.15, 0.2) is 0 Å². The lowest BCUT2D eigenvalue weighted by atomic mass is 9.95. The highest BCUT2D eigenvalue weighted by molar-refractivity contribution is 6.06. The number of aromatic nitrogens is 2. The summed E-state index contributed by atoms with van der Waals surface area (Å²) in [6.45, 7) is 0.764. The van der Waals surface area contributed by atoms with Crippen molar-refractivity contribution in [3.8, 4) is 0 Å². The Morgan fingerprint density at radius 2 is 1.86 bits per heavy atom. The first-order chi connectivity index (χ1) is 13.7. The van der Waals surface area contributed by atoms with E-state index in [2.05, 4.69) is 26.7 Å². The molecule has 0 spiro atoms. The molecule has 1 aromatic carbocycles. The van der Waals surface area contributed by atoms with E-state index in [1.54, 1.807) is 12.4 Å². The third-order valence-electron chi connectivity index (χ3n) is 5.25. The molecule has 0 bridgehead atoms. The molecule has 28 heavy (non-hydrogen) atoms. The van der Waals surface area contributed by atoms with Crippen LogP contribution < -0.4 is 10.6 Å². The number of carbonyl (C=O) groups is 2. The number of nitrogens with zero attached hydrogens (tertiary/aromatic N) is 1. The van der Waals surface area contributed by atoms with Gasteiger partial charge in [0.1, 0.15) is 0 Å². The second kappa shape index (κ2) is 8.25. The number of rotatable bonds is 6. The summed E-state index contributed by atoms with van der Waals surface area (Å²) < 4.78 is 0. The number of fused-ring (bicyclic) bond motifs is 3. The molecule has 1 aliphatic carbocycles. The Labute approximate surface area is 163 Å². The van der Waals surface area contributed by atoms with Crippen molar-refractivity contribution >= 4 is 22.7 Å². The van der Waals surface area contributed by atoms with Crippen LogP contribution in [0.1, 0.15) is 46.4 Å². The minimum absolute atomic E-state index is 0.0920. The van der Waals surface area contributed by atoms with Gasteiger partial charge >= 0.3 is 0 Å². The molecule has 0 saturated heterocycles. The van der Waals surface area contributed by atoms with Crippen LogP contribution in [0, 0.1) is 0 Å². The highest BCUT2D eigenvalue weighted by atomic mass is 16.2. The van der Waals surface area contributed by atoms with Gasteiger partial charge in [-0.1, -0.05) is 12.1 Å². The number of pyridine rings is 1. The Kier molecular flexibility index (Phi) is 5.37. The van der Waals surface area contributed by atoms with Crippen molar-refractivity contribution in [2.24, 2.45) is 0 Å². The van der Waals surface area contributed by atoms with Crippen LogP contribution in [0.5, 0.6) is 0 Å². The number of H-pyrrole nitrogens is 1. The summed E-state index contributed by atoms with van der Waals surface area (Å²) in [7, 11) is 0. The Morgan fingerprint density at radius 3 is 2.71 bits per heavy atom. The number of carbonyl (C=O) groups excluding carboxylic acids is 2. The zero-order valence-electron chi connectivity index (χ0n) is 15.8. The first-order valence-corrected chi connectivity index (χ1v) is 9.78. The molecule has 3 aromatic rings. The van der Waals surface area contributed by atoms with E-state index >= 15 is 0 Å². The summed E-state index contributed by atoms with van der Waals surface area (Å²) >= 11 is 0. The van der Waals surface area contributed by atoms with E-state index in [0.717, 1.165) is 29.3 Å². The molecular weight excluding hydrogens is 352 g/mol. The maximum absolute atomic E-state index is 12.7. The molecule has 2 aromatic heterocycles. The summed E-state index contributed by atoms with van der Waals surface area (Å²) in [5.74, 6) is -0.239. The quantitative estimate of drug-likeness (QED) is 0.618. The normalized spacial score (nSPS) is 13.1. The third-order valence-corrected chi connectivity index (χ3v) is 5.25. The molecule has 2 amide bonds. The van der Waals surface area contributed by atoms with E-state index in [-0.39, 0.29) is 18.2 Å². The van der Waals surface area contributed by atoms with E-state index in [1.165, 1.54) is 24.1 Å². The molecule has 0 fully saturated rings. The van der Waals surface area contributed by atoms with Gasteiger partial charge in [0, 0.05) is 43.0 Å². The van der Waals surface area contributed by atoms with Crippen LogP contribution >= 0.6 is 0 Å². The van der Waals surface area contributed by atoms with Crippen molar-refractivity contribution in [2.45, 2.75) is 38.6 Å². The second-order valence-corrected chi connectivity index (χ2v) is 7.16. The molecule has 0 aliphatic heterocycles. The Balaban J connectivity index is 1.34. The van der Waals surface area contributed by atoms with Gasteiger partial charge in [-0.05, 0) is 55.0 Å². The first kappa shape index (κ1) is 18.2. The van der Waals surface area contributed by atoms with Crippen LogP contribution in [0.15, 0.2) is 42.7 Å². The van der Waals surface area contributed by atoms with E-state index in [9.17, 15) is 9.59 Å². The Bertz CT molecular complexity index is 994. The number of nitrogens with one attached hydrogen (secondary N) is 3. The minimum atomic E-state index is -0.147. The monoisotopic (exact) mass is 376 g/mol. The second-order valence-electron chi connectivity index (χ2n) is 7.16. The number of benzene rings is 1. The molecule has 144 valence electrons. The lowest BCUT2D eigenvalue weighted by Gasteiger charge is -2.10. The van der Waals surface area contributed by atoms with Gasteiger partial charge < -0.3 is 15.6 Å². The zero-order valence-corrected chi connectivity index (χ0v) is 15.8. The van der Waals surface area contributed by atoms with Gasteiger partial charge in [0.05, 0.1) is 11.1 Å². The molecule has 1 aliphatic rings. The fourth-order valence-electron chi connectivity index (χ4n) is 3.79. The fourth-order valence-corrected chi connectivity index (χ4v) is 3.79. The van der Waals surface area contributed by atoms with Crippen molar-refractivity contribution in [1.29, 1.82) is 0 Å². The smallest absolute Gasteiger partial charge is 0.253 e. The maximum atomic E-state index is 12.7. The van der Waals surface area contributed by atoms with Gasteiger partial charge in [-0.25, -0.2) is 0 Å². The molecule has 0 radical (unpaired) electrons. The van der Waals surface area contributed by atoms with E-state index in [1.807, 2.05) is 24.3 Å². The number of hydrogen-bond acceptors (Lipinski definition) is 3. The molecule has 0 saturated carbocycles. The number of hydrogen-bond donors (Lipinski definition) is 3. The molecule has 6 nitrogen and oxygen atoms in total. The van der Waals surface area contributed by atoms with Crippen molar-refractivity contribution in [1.82, 2.24) is 20.6 Å².